The predicted octanol–water partition coefficient (Wildman–Crippen LogP) is 0.130. The van der Waals surface area contributed by atoms with Crippen molar-refractivity contribution in [2.45, 2.75) is 18.4 Å². The molecule has 2 N–H and O–H groups in total. The molecule has 112 valence electrons. The van der Waals surface area contributed by atoms with Gasteiger partial charge in [0.15, 0.2) is 0 Å². The quantitative estimate of drug-likeness (QED) is 0.627. The lowest BCUT2D eigenvalue weighted by atomic mass is 10.2. The fraction of sp³-hybridized carbons (Fsp3) is 0.538. The molecule has 0 unspecified atom stereocenters. The minimum Gasteiger partial charge on any atom is -0.362 e. The summed E-state index contributed by atoms with van der Waals surface area (Å²) in [4.78, 5) is 30.2. The fourth-order valence-corrected chi connectivity index (χ4v) is 2.60. The second-order valence-corrected chi connectivity index (χ2v) is 5.56. The SMILES string of the molecule is NC1(C(=O)N2CCN(c3ccncc3[N+](=O)[O-])CC2)CC1. The van der Waals surface area contributed by atoms with E-state index in [1.54, 1.807) is 17.2 Å². The van der Waals surface area contributed by atoms with Gasteiger partial charge in [0.25, 0.3) is 0 Å². The molecule has 2 fully saturated rings. The highest BCUT2D eigenvalue weighted by Crippen LogP contribution is 2.35. The van der Waals surface area contributed by atoms with Crippen molar-refractivity contribution in [3.05, 3.63) is 28.6 Å². The highest BCUT2D eigenvalue weighted by atomic mass is 16.6. The highest BCUT2D eigenvalue weighted by Gasteiger charge is 2.48. The maximum atomic E-state index is 12.2. The smallest absolute Gasteiger partial charge is 0.310 e. The maximum Gasteiger partial charge on any atom is 0.310 e. The third-order valence-electron chi connectivity index (χ3n) is 4.10. The summed E-state index contributed by atoms with van der Waals surface area (Å²) < 4.78 is 0. The second-order valence-electron chi connectivity index (χ2n) is 5.56. The van der Waals surface area contributed by atoms with Gasteiger partial charge in [-0.15, -0.1) is 0 Å². The van der Waals surface area contributed by atoms with Gasteiger partial charge in [-0.05, 0) is 18.9 Å². The van der Waals surface area contributed by atoms with Crippen LogP contribution in [0.3, 0.4) is 0 Å². The number of nitrogens with two attached hydrogens (primary N) is 1. The van der Waals surface area contributed by atoms with Gasteiger partial charge in [-0.25, -0.2) is 0 Å². The van der Waals surface area contributed by atoms with Crippen molar-refractivity contribution >= 4 is 17.3 Å². The zero-order valence-corrected chi connectivity index (χ0v) is 11.6. The Morgan fingerprint density at radius 1 is 1.33 bits per heavy atom. The van der Waals surface area contributed by atoms with E-state index < -0.39 is 10.5 Å². The lowest BCUT2D eigenvalue weighted by Crippen LogP contribution is -2.54. The molecule has 1 aliphatic heterocycles. The monoisotopic (exact) mass is 291 g/mol. The molecule has 0 spiro atoms. The standard InChI is InChI=1S/C13H17N5O3/c14-13(2-3-13)12(19)17-7-5-16(6-8-17)10-1-4-15-9-11(10)18(20)21/h1,4,9H,2-3,5-8,14H2. The Balaban J connectivity index is 1.69. The molecule has 0 bridgehead atoms. The second kappa shape index (κ2) is 4.96. The van der Waals surface area contributed by atoms with Gasteiger partial charge in [0.05, 0.1) is 10.5 Å². The number of carbonyl (C=O) groups excluding carboxylic acids is 1. The fourth-order valence-electron chi connectivity index (χ4n) is 2.60. The van der Waals surface area contributed by atoms with Gasteiger partial charge in [-0.3, -0.25) is 19.9 Å². The van der Waals surface area contributed by atoms with Crippen LogP contribution >= 0.6 is 0 Å². The molecular weight excluding hydrogens is 274 g/mol. The Morgan fingerprint density at radius 2 is 2.00 bits per heavy atom. The zero-order chi connectivity index (χ0) is 15.0. The van der Waals surface area contributed by atoms with E-state index in [-0.39, 0.29) is 11.6 Å². The molecule has 21 heavy (non-hydrogen) atoms. The van der Waals surface area contributed by atoms with E-state index in [1.807, 2.05) is 4.90 Å². The number of aromatic nitrogens is 1. The summed E-state index contributed by atoms with van der Waals surface area (Å²) in [5.74, 6) is 0.00591. The summed E-state index contributed by atoms with van der Waals surface area (Å²) in [5.41, 5.74) is 5.83. The van der Waals surface area contributed by atoms with Crippen LogP contribution in [0.2, 0.25) is 0 Å². The topological polar surface area (TPSA) is 106 Å². The highest BCUT2D eigenvalue weighted by molar-refractivity contribution is 5.89. The lowest BCUT2D eigenvalue weighted by molar-refractivity contribution is -0.384. The molecule has 0 radical (unpaired) electrons. The molecule has 3 rings (SSSR count). The van der Waals surface area contributed by atoms with E-state index in [1.165, 1.54) is 6.20 Å². The molecule has 8 nitrogen and oxygen atoms in total. The third kappa shape index (κ3) is 2.54. The number of nitrogens with zero attached hydrogens (tertiary/aromatic N) is 4. The Hall–Kier alpha value is -2.22. The number of piperazine rings is 1. The van der Waals surface area contributed by atoms with E-state index >= 15 is 0 Å². The number of anilines is 1. The number of hydrogen-bond acceptors (Lipinski definition) is 6. The molecule has 8 heteroatoms. The summed E-state index contributed by atoms with van der Waals surface area (Å²) in [6, 6.07) is 1.64. The molecule has 2 aliphatic rings. The molecule has 1 aromatic rings. The molecule has 1 saturated carbocycles. The van der Waals surface area contributed by atoms with Gasteiger partial charge in [-0.1, -0.05) is 0 Å². The number of amides is 1. The average molecular weight is 291 g/mol. The Bertz CT molecular complexity index is 579. The van der Waals surface area contributed by atoms with E-state index in [9.17, 15) is 14.9 Å². The number of carbonyl (C=O) groups is 1. The number of pyridine rings is 1. The Kier molecular flexibility index (Phi) is 3.25. The van der Waals surface area contributed by atoms with Gasteiger partial charge in [0.2, 0.25) is 5.91 Å². The largest absolute Gasteiger partial charge is 0.362 e. The predicted molar refractivity (Wildman–Crippen MR) is 75.8 cm³/mol. The van der Waals surface area contributed by atoms with Crippen LogP contribution in [0.5, 0.6) is 0 Å². The molecule has 2 heterocycles. The van der Waals surface area contributed by atoms with E-state index in [2.05, 4.69) is 4.98 Å². The van der Waals surface area contributed by atoms with Crippen LogP contribution in [-0.2, 0) is 4.79 Å². The molecule has 1 aliphatic carbocycles. The van der Waals surface area contributed by atoms with Crippen molar-refractivity contribution in [1.82, 2.24) is 9.88 Å². The molecule has 1 aromatic heterocycles. The van der Waals surface area contributed by atoms with E-state index in [0.717, 1.165) is 12.8 Å². The van der Waals surface area contributed by atoms with Crippen molar-refractivity contribution in [3.63, 3.8) is 0 Å². The maximum absolute atomic E-state index is 12.2. The van der Waals surface area contributed by atoms with Gasteiger partial charge in [-0.2, -0.15) is 0 Å². The van der Waals surface area contributed by atoms with Crippen molar-refractivity contribution in [2.75, 3.05) is 31.1 Å². The lowest BCUT2D eigenvalue weighted by Gasteiger charge is -2.36. The minimum atomic E-state index is -0.648. The first-order valence-corrected chi connectivity index (χ1v) is 6.93. The van der Waals surface area contributed by atoms with Crippen molar-refractivity contribution < 1.29 is 9.72 Å². The number of hydrogen-bond donors (Lipinski definition) is 1. The van der Waals surface area contributed by atoms with Crippen LogP contribution in [0.1, 0.15) is 12.8 Å². The number of rotatable bonds is 3. The summed E-state index contributed by atoms with van der Waals surface area (Å²) in [5, 5.41) is 11.0. The van der Waals surface area contributed by atoms with Gasteiger partial charge < -0.3 is 15.5 Å². The summed E-state index contributed by atoms with van der Waals surface area (Å²) in [7, 11) is 0. The van der Waals surface area contributed by atoms with Gasteiger partial charge >= 0.3 is 5.69 Å². The Labute approximate surface area is 121 Å². The van der Waals surface area contributed by atoms with Crippen molar-refractivity contribution in [2.24, 2.45) is 5.73 Å². The van der Waals surface area contributed by atoms with Crippen LogP contribution in [0.25, 0.3) is 0 Å². The van der Waals surface area contributed by atoms with Gasteiger partial charge in [0, 0.05) is 32.4 Å². The summed E-state index contributed by atoms with van der Waals surface area (Å²) in [6.07, 6.45) is 4.30. The van der Waals surface area contributed by atoms with Crippen molar-refractivity contribution in [1.29, 1.82) is 0 Å². The van der Waals surface area contributed by atoms with Crippen LogP contribution in [0.4, 0.5) is 11.4 Å². The molecule has 1 saturated heterocycles. The summed E-state index contributed by atoms with van der Waals surface area (Å²) in [6.45, 7) is 2.20. The van der Waals surface area contributed by atoms with Crippen LogP contribution in [0, 0.1) is 10.1 Å². The average Bonchev–Trinajstić information content (AvgIpc) is 3.26. The van der Waals surface area contributed by atoms with Gasteiger partial charge in [0.1, 0.15) is 11.9 Å². The third-order valence-corrected chi connectivity index (χ3v) is 4.10. The summed E-state index contributed by atoms with van der Waals surface area (Å²) >= 11 is 0. The molecule has 0 atom stereocenters. The first-order chi connectivity index (χ1) is 10.0. The first kappa shape index (κ1) is 13.7. The minimum absolute atomic E-state index is 0.00485. The first-order valence-electron chi connectivity index (χ1n) is 6.93. The number of nitro groups is 1. The Morgan fingerprint density at radius 3 is 2.57 bits per heavy atom. The molecule has 1 amide bonds. The normalized spacial score (nSPS) is 20.2. The van der Waals surface area contributed by atoms with Crippen LogP contribution in [0.15, 0.2) is 18.5 Å². The van der Waals surface area contributed by atoms with Crippen LogP contribution in [-0.4, -0.2) is 52.4 Å². The van der Waals surface area contributed by atoms with E-state index in [0.29, 0.717) is 31.9 Å². The molecule has 0 aromatic carbocycles. The zero-order valence-electron chi connectivity index (χ0n) is 11.6. The van der Waals surface area contributed by atoms with Crippen LogP contribution < -0.4 is 10.6 Å². The molecular formula is C13H17N5O3. The van der Waals surface area contributed by atoms with Crippen molar-refractivity contribution in [3.8, 4) is 0 Å². The van der Waals surface area contributed by atoms with E-state index in [4.69, 9.17) is 5.73 Å².